The molecule has 1 fully saturated rings. The van der Waals surface area contributed by atoms with Crippen molar-refractivity contribution in [1.29, 1.82) is 0 Å². The molecule has 0 saturated heterocycles. The number of nitrogens with two attached hydrogens (primary N) is 1. The van der Waals surface area contributed by atoms with Crippen molar-refractivity contribution in [1.82, 2.24) is 9.97 Å². The Morgan fingerprint density at radius 3 is 2.63 bits per heavy atom. The highest BCUT2D eigenvalue weighted by atomic mass is 16.5. The third-order valence-electron chi connectivity index (χ3n) is 3.06. The summed E-state index contributed by atoms with van der Waals surface area (Å²) in [7, 11) is 0. The number of hydrogen-bond acceptors (Lipinski definition) is 6. The molecule has 0 radical (unpaired) electrons. The zero-order valence-electron chi connectivity index (χ0n) is 11.9. The summed E-state index contributed by atoms with van der Waals surface area (Å²) in [5, 5.41) is 3.30. The lowest BCUT2D eigenvalue weighted by Crippen LogP contribution is -2.33. The van der Waals surface area contributed by atoms with Gasteiger partial charge >= 0.3 is 0 Å². The van der Waals surface area contributed by atoms with Crippen LogP contribution in [0.2, 0.25) is 0 Å². The van der Waals surface area contributed by atoms with E-state index in [0.29, 0.717) is 24.9 Å². The number of hydrogen-bond donors (Lipinski definition) is 3. The van der Waals surface area contributed by atoms with E-state index >= 15 is 0 Å². The Hall–Kier alpha value is -1.40. The van der Waals surface area contributed by atoms with Crippen LogP contribution in [0.3, 0.4) is 0 Å². The van der Waals surface area contributed by atoms with Crippen LogP contribution in [0.1, 0.15) is 45.4 Å². The highest BCUT2D eigenvalue weighted by Gasteiger charge is 2.27. The second-order valence-electron chi connectivity index (χ2n) is 5.46. The van der Waals surface area contributed by atoms with Crippen molar-refractivity contribution < 1.29 is 4.74 Å². The molecular weight excluding hydrogens is 242 g/mol. The van der Waals surface area contributed by atoms with Gasteiger partial charge in [-0.2, -0.15) is 0 Å². The Balaban J connectivity index is 2.04. The second-order valence-corrected chi connectivity index (χ2v) is 5.46. The van der Waals surface area contributed by atoms with Gasteiger partial charge in [0.15, 0.2) is 0 Å². The molecule has 0 amide bonds. The first kappa shape index (κ1) is 14.0. The summed E-state index contributed by atoms with van der Waals surface area (Å²) in [6.45, 7) is 7.48. The zero-order chi connectivity index (χ0) is 13.9. The minimum Gasteiger partial charge on any atom is -0.374 e. The third-order valence-corrected chi connectivity index (χ3v) is 3.06. The van der Waals surface area contributed by atoms with Crippen molar-refractivity contribution in [3.05, 3.63) is 11.9 Å². The van der Waals surface area contributed by atoms with Crippen LogP contribution in [-0.2, 0) is 4.74 Å². The lowest BCUT2D eigenvalue weighted by atomic mass is 10.1. The predicted molar refractivity (Wildman–Crippen MR) is 76.0 cm³/mol. The first-order valence-electron chi connectivity index (χ1n) is 6.77. The molecule has 0 atom stereocenters. The molecule has 2 rings (SSSR count). The van der Waals surface area contributed by atoms with Crippen molar-refractivity contribution in [2.75, 3.05) is 23.9 Å². The lowest BCUT2D eigenvalue weighted by molar-refractivity contribution is 0.000638. The topological polar surface area (TPSA) is 85.1 Å². The minimum absolute atomic E-state index is 0.226. The third kappa shape index (κ3) is 4.04. The molecule has 0 spiro atoms. The number of ether oxygens (including phenoxy) is 1. The lowest BCUT2D eigenvalue weighted by Gasteiger charge is -2.25. The Labute approximate surface area is 114 Å². The van der Waals surface area contributed by atoms with Gasteiger partial charge in [0, 0.05) is 25.1 Å². The van der Waals surface area contributed by atoms with Gasteiger partial charge in [-0.1, -0.05) is 0 Å². The standard InChI is InChI=1S/C13H23N5O/c1-4-19-13(2,3)8-15-10-7-11(18-14)17-12(16-10)9-5-6-9/h7,9H,4-6,8,14H2,1-3H3,(H2,15,16,17,18). The van der Waals surface area contributed by atoms with Crippen LogP contribution < -0.4 is 16.6 Å². The Morgan fingerprint density at radius 2 is 2.05 bits per heavy atom. The van der Waals surface area contributed by atoms with E-state index < -0.39 is 0 Å². The van der Waals surface area contributed by atoms with Gasteiger partial charge in [0.05, 0.1) is 5.60 Å². The number of rotatable bonds is 7. The first-order valence-corrected chi connectivity index (χ1v) is 6.77. The van der Waals surface area contributed by atoms with E-state index in [2.05, 4.69) is 34.6 Å². The molecular formula is C13H23N5O. The van der Waals surface area contributed by atoms with Crippen LogP contribution in [-0.4, -0.2) is 28.7 Å². The van der Waals surface area contributed by atoms with Crippen LogP contribution in [0.15, 0.2) is 6.07 Å². The van der Waals surface area contributed by atoms with Gasteiger partial charge in [0.25, 0.3) is 0 Å². The van der Waals surface area contributed by atoms with Gasteiger partial charge in [-0.3, -0.25) is 0 Å². The van der Waals surface area contributed by atoms with Crippen LogP contribution in [0.4, 0.5) is 11.6 Å². The van der Waals surface area contributed by atoms with Crippen LogP contribution in [0.5, 0.6) is 0 Å². The first-order chi connectivity index (χ1) is 9.04. The van der Waals surface area contributed by atoms with E-state index in [1.165, 1.54) is 0 Å². The van der Waals surface area contributed by atoms with Crippen LogP contribution >= 0.6 is 0 Å². The summed E-state index contributed by atoms with van der Waals surface area (Å²) >= 11 is 0. The molecule has 6 heteroatoms. The molecule has 1 aliphatic rings. The summed E-state index contributed by atoms with van der Waals surface area (Å²) in [6, 6.07) is 1.81. The molecule has 4 N–H and O–H groups in total. The fourth-order valence-corrected chi connectivity index (χ4v) is 1.90. The summed E-state index contributed by atoms with van der Waals surface area (Å²) in [4.78, 5) is 8.91. The van der Waals surface area contributed by atoms with Gasteiger partial charge in [-0.05, 0) is 33.6 Å². The maximum absolute atomic E-state index is 5.65. The molecule has 1 saturated carbocycles. The average molecular weight is 265 g/mol. The van der Waals surface area contributed by atoms with Gasteiger partial charge in [0.1, 0.15) is 17.5 Å². The van der Waals surface area contributed by atoms with Gasteiger partial charge < -0.3 is 15.5 Å². The molecule has 0 bridgehead atoms. The predicted octanol–water partition coefficient (Wildman–Crippen LogP) is 1.87. The zero-order valence-corrected chi connectivity index (χ0v) is 11.9. The monoisotopic (exact) mass is 265 g/mol. The number of aromatic nitrogens is 2. The molecule has 0 aliphatic heterocycles. The number of anilines is 2. The molecule has 1 aromatic rings. The number of nitrogens with zero attached hydrogens (tertiary/aromatic N) is 2. The number of hydrazine groups is 1. The smallest absolute Gasteiger partial charge is 0.145 e. The van der Waals surface area contributed by atoms with Crippen molar-refractivity contribution in [2.45, 2.75) is 45.1 Å². The maximum atomic E-state index is 5.65. The van der Waals surface area contributed by atoms with Gasteiger partial charge in [-0.25, -0.2) is 15.8 Å². The molecule has 1 heterocycles. The number of nitrogen functional groups attached to an aromatic ring is 1. The van der Waals surface area contributed by atoms with Crippen molar-refractivity contribution in [3.63, 3.8) is 0 Å². The van der Waals surface area contributed by atoms with Crippen LogP contribution in [0, 0.1) is 0 Å². The van der Waals surface area contributed by atoms with E-state index in [0.717, 1.165) is 24.5 Å². The fourth-order valence-electron chi connectivity index (χ4n) is 1.90. The molecule has 1 aromatic heterocycles. The highest BCUT2D eigenvalue weighted by Crippen LogP contribution is 2.38. The summed E-state index contributed by atoms with van der Waals surface area (Å²) in [5.41, 5.74) is 2.36. The maximum Gasteiger partial charge on any atom is 0.145 e. The summed E-state index contributed by atoms with van der Waals surface area (Å²) < 4.78 is 5.65. The number of nitrogens with one attached hydrogen (secondary N) is 2. The summed E-state index contributed by atoms with van der Waals surface area (Å²) in [5.74, 6) is 8.24. The average Bonchev–Trinajstić information content (AvgIpc) is 3.20. The molecule has 1 aliphatic carbocycles. The molecule has 6 nitrogen and oxygen atoms in total. The Kier molecular flexibility index (Phi) is 4.21. The normalized spacial score (nSPS) is 15.4. The van der Waals surface area contributed by atoms with E-state index in [1.807, 2.05) is 13.0 Å². The van der Waals surface area contributed by atoms with E-state index in [4.69, 9.17) is 10.6 Å². The largest absolute Gasteiger partial charge is 0.374 e. The quantitative estimate of drug-likeness (QED) is 0.515. The summed E-state index contributed by atoms with van der Waals surface area (Å²) in [6.07, 6.45) is 2.33. The molecule has 0 unspecified atom stereocenters. The Bertz CT molecular complexity index is 431. The van der Waals surface area contributed by atoms with E-state index in [1.54, 1.807) is 0 Å². The van der Waals surface area contributed by atoms with E-state index in [9.17, 15) is 0 Å². The molecule has 106 valence electrons. The SMILES string of the molecule is CCOC(C)(C)CNc1cc(NN)nc(C2CC2)n1. The minimum atomic E-state index is -0.226. The Morgan fingerprint density at radius 1 is 1.37 bits per heavy atom. The second kappa shape index (κ2) is 5.71. The molecule has 19 heavy (non-hydrogen) atoms. The fraction of sp³-hybridized carbons (Fsp3) is 0.692. The van der Waals surface area contributed by atoms with Crippen molar-refractivity contribution in [3.8, 4) is 0 Å². The van der Waals surface area contributed by atoms with Crippen molar-refractivity contribution in [2.24, 2.45) is 5.84 Å². The van der Waals surface area contributed by atoms with Gasteiger partial charge in [-0.15, -0.1) is 0 Å². The molecule has 0 aromatic carbocycles. The highest BCUT2D eigenvalue weighted by molar-refractivity contribution is 5.47. The van der Waals surface area contributed by atoms with Gasteiger partial charge in [0.2, 0.25) is 0 Å². The van der Waals surface area contributed by atoms with Crippen molar-refractivity contribution >= 4 is 11.6 Å². The van der Waals surface area contributed by atoms with E-state index in [-0.39, 0.29) is 5.60 Å². The van der Waals surface area contributed by atoms with Crippen LogP contribution in [0.25, 0.3) is 0 Å².